The number of carbonyl (C=O) groups excluding carboxylic acids is 1. The summed E-state index contributed by atoms with van der Waals surface area (Å²) in [5, 5.41) is 22.1. The van der Waals surface area contributed by atoms with Gasteiger partial charge in [-0.15, -0.1) is 0 Å². The van der Waals surface area contributed by atoms with Crippen molar-refractivity contribution in [3.8, 4) is 29.1 Å². The van der Waals surface area contributed by atoms with E-state index in [1.165, 1.54) is 24.3 Å². The predicted octanol–water partition coefficient (Wildman–Crippen LogP) is 7.97. The highest BCUT2D eigenvalue weighted by Gasteiger charge is 2.32. The maximum absolute atomic E-state index is 12.8. The number of nitriles is 1. The van der Waals surface area contributed by atoms with Crippen molar-refractivity contribution in [3.05, 3.63) is 132 Å². The number of hydrogen-bond donors (Lipinski definition) is 1. The van der Waals surface area contributed by atoms with Crippen molar-refractivity contribution < 1.29 is 28.7 Å². The van der Waals surface area contributed by atoms with Crippen LogP contribution in [0.4, 0.5) is 5.69 Å². The van der Waals surface area contributed by atoms with Crippen molar-refractivity contribution in [2.45, 2.75) is 19.4 Å². The van der Waals surface area contributed by atoms with Crippen LogP contribution in [0.1, 0.15) is 39.9 Å². The normalized spacial score (nSPS) is 13.7. The van der Waals surface area contributed by atoms with E-state index in [1.807, 2.05) is 6.92 Å². The van der Waals surface area contributed by atoms with Gasteiger partial charge in [-0.05, 0) is 48.9 Å². The highest BCUT2D eigenvalue weighted by molar-refractivity contribution is 6.35. The molecule has 0 amide bonds. The summed E-state index contributed by atoms with van der Waals surface area (Å²) in [4.78, 5) is 23.4. The van der Waals surface area contributed by atoms with E-state index in [-0.39, 0.29) is 45.8 Å². The van der Waals surface area contributed by atoms with Crippen molar-refractivity contribution in [3.63, 3.8) is 0 Å². The average Bonchev–Trinajstić information content (AvgIpc) is 3.00. The van der Waals surface area contributed by atoms with Crippen molar-refractivity contribution in [1.29, 1.82) is 5.26 Å². The summed E-state index contributed by atoms with van der Waals surface area (Å²) in [7, 11) is 0. The number of allylic oxidation sites excluding steroid dienone is 1. The Labute approximate surface area is 272 Å². The number of halogens is 3. The first-order valence-electron chi connectivity index (χ1n) is 13.3. The SMILES string of the molecule is CCOc1cc(C2C(C#N)=C(N)Oc3cc(OC(=O)c4cc([N+](=O)[O-])ccc4Cl)ccc32)ccc1OCc1ccc(Cl)cc1Cl. The molecule has 1 unspecified atom stereocenters. The first-order valence-corrected chi connectivity index (χ1v) is 14.4. The minimum Gasteiger partial charge on any atom is -0.490 e. The van der Waals surface area contributed by atoms with Crippen molar-refractivity contribution in [1.82, 2.24) is 0 Å². The molecule has 4 aromatic carbocycles. The Kier molecular flexibility index (Phi) is 9.34. The van der Waals surface area contributed by atoms with Gasteiger partial charge in [0.15, 0.2) is 11.5 Å². The van der Waals surface area contributed by atoms with Crippen LogP contribution < -0.4 is 24.7 Å². The Bertz CT molecular complexity index is 1910. The van der Waals surface area contributed by atoms with Gasteiger partial charge in [-0.2, -0.15) is 5.26 Å². The molecule has 1 aliphatic heterocycles. The second-order valence-electron chi connectivity index (χ2n) is 9.60. The van der Waals surface area contributed by atoms with Crippen LogP contribution in [0.3, 0.4) is 0 Å². The summed E-state index contributed by atoms with van der Waals surface area (Å²) in [6.45, 7) is 2.34. The number of fused-ring (bicyclic) bond motifs is 1. The molecule has 228 valence electrons. The molecule has 0 radical (unpaired) electrons. The lowest BCUT2D eigenvalue weighted by Gasteiger charge is -2.27. The molecule has 2 N–H and O–H groups in total. The van der Waals surface area contributed by atoms with E-state index < -0.39 is 16.8 Å². The number of nitrogens with two attached hydrogens (primary N) is 1. The van der Waals surface area contributed by atoms with Crippen LogP contribution in [-0.2, 0) is 6.61 Å². The standard InChI is InChI=1S/C32H22Cl3N3O7/c1-2-42-29-11-17(4-10-27(29)43-16-18-3-5-19(33)12-26(18)35)30-22-8-7-21(14-28(22)45-31(37)24(30)15-36)44-32(39)23-13-20(38(40)41)6-9-25(23)34/h3-14,30H,2,16,37H2,1H3. The Morgan fingerprint density at radius 1 is 1.00 bits per heavy atom. The molecule has 1 atom stereocenters. The van der Waals surface area contributed by atoms with Crippen molar-refractivity contribution >= 4 is 46.5 Å². The van der Waals surface area contributed by atoms with Gasteiger partial charge in [0.2, 0.25) is 5.88 Å². The number of carbonyl (C=O) groups is 1. The fourth-order valence-corrected chi connectivity index (χ4v) is 5.33. The molecule has 10 nitrogen and oxygen atoms in total. The quantitative estimate of drug-likeness (QED) is 0.0813. The molecule has 45 heavy (non-hydrogen) atoms. The lowest BCUT2D eigenvalue weighted by atomic mass is 9.83. The van der Waals surface area contributed by atoms with Gasteiger partial charge in [0.05, 0.1) is 28.0 Å². The summed E-state index contributed by atoms with van der Waals surface area (Å²) in [6.07, 6.45) is 0. The van der Waals surface area contributed by atoms with E-state index in [0.717, 1.165) is 11.6 Å². The topological polar surface area (TPSA) is 147 Å². The summed E-state index contributed by atoms with van der Waals surface area (Å²) in [5.41, 5.74) is 7.80. The number of non-ortho nitro benzene ring substituents is 1. The summed E-state index contributed by atoms with van der Waals surface area (Å²) >= 11 is 18.4. The van der Waals surface area contributed by atoms with E-state index in [0.29, 0.717) is 39.3 Å². The second kappa shape index (κ2) is 13.4. The van der Waals surface area contributed by atoms with Gasteiger partial charge in [-0.1, -0.05) is 53.0 Å². The Hall–Kier alpha value is -4.95. The molecule has 0 aliphatic carbocycles. The number of esters is 1. The number of nitro benzene ring substituents is 1. The molecule has 5 rings (SSSR count). The minimum atomic E-state index is -0.908. The number of benzene rings is 4. The van der Waals surface area contributed by atoms with Gasteiger partial charge in [0.1, 0.15) is 29.7 Å². The largest absolute Gasteiger partial charge is 0.490 e. The molecule has 13 heteroatoms. The zero-order valence-corrected chi connectivity index (χ0v) is 25.7. The molecule has 1 heterocycles. The predicted molar refractivity (Wildman–Crippen MR) is 167 cm³/mol. The molecular weight excluding hydrogens is 645 g/mol. The molecular formula is C32H22Cl3N3O7. The lowest BCUT2D eigenvalue weighted by Crippen LogP contribution is -2.21. The second-order valence-corrected chi connectivity index (χ2v) is 10.8. The lowest BCUT2D eigenvalue weighted by molar-refractivity contribution is -0.384. The van der Waals surface area contributed by atoms with Crippen molar-refractivity contribution in [2.75, 3.05) is 6.61 Å². The molecule has 1 aliphatic rings. The third kappa shape index (κ3) is 6.76. The smallest absolute Gasteiger partial charge is 0.345 e. The Balaban J connectivity index is 1.45. The van der Waals surface area contributed by atoms with Crippen LogP contribution in [0.5, 0.6) is 23.0 Å². The highest BCUT2D eigenvalue weighted by atomic mass is 35.5. The number of ether oxygens (including phenoxy) is 4. The van der Waals surface area contributed by atoms with Gasteiger partial charge in [0.25, 0.3) is 5.69 Å². The van der Waals surface area contributed by atoms with Crippen molar-refractivity contribution in [2.24, 2.45) is 5.73 Å². The van der Waals surface area contributed by atoms with Crippen LogP contribution in [0.15, 0.2) is 84.3 Å². The number of rotatable bonds is 9. The molecule has 0 saturated carbocycles. The van der Waals surface area contributed by atoms with Crippen LogP contribution >= 0.6 is 34.8 Å². The zero-order valence-electron chi connectivity index (χ0n) is 23.4. The van der Waals surface area contributed by atoms with Gasteiger partial charge in [-0.3, -0.25) is 10.1 Å². The van der Waals surface area contributed by atoms with Crippen LogP contribution in [0.2, 0.25) is 15.1 Å². The third-order valence-corrected chi connectivity index (χ3v) is 7.70. The third-order valence-electron chi connectivity index (χ3n) is 6.78. The molecule has 4 aromatic rings. The molecule has 0 saturated heterocycles. The van der Waals surface area contributed by atoms with Gasteiger partial charge in [0, 0.05) is 39.4 Å². The van der Waals surface area contributed by atoms with Gasteiger partial charge >= 0.3 is 5.97 Å². The molecule has 0 spiro atoms. The first-order chi connectivity index (χ1) is 21.6. The fourth-order valence-electron chi connectivity index (χ4n) is 4.67. The van der Waals surface area contributed by atoms with E-state index in [2.05, 4.69) is 6.07 Å². The highest BCUT2D eigenvalue weighted by Crippen LogP contribution is 2.45. The first kappa shape index (κ1) is 31.5. The monoisotopic (exact) mass is 665 g/mol. The number of hydrogen-bond acceptors (Lipinski definition) is 9. The minimum absolute atomic E-state index is 0.0143. The summed E-state index contributed by atoms with van der Waals surface area (Å²) < 4.78 is 23.1. The van der Waals surface area contributed by atoms with E-state index >= 15 is 0 Å². The zero-order chi connectivity index (χ0) is 32.2. The Morgan fingerprint density at radius 3 is 2.51 bits per heavy atom. The van der Waals surface area contributed by atoms with Crippen LogP contribution in [0, 0.1) is 21.4 Å². The maximum Gasteiger partial charge on any atom is 0.345 e. The summed E-state index contributed by atoms with van der Waals surface area (Å²) in [6, 6.07) is 20.5. The summed E-state index contributed by atoms with van der Waals surface area (Å²) in [5.74, 6) is -0.506. The fraction of sp³-hybridized carbons (Fsp3) is 0.125. The van der Waals surface area contributed by atoms with Crippen LogP contribution in [-0.4, -0.2) is 17.5 Å². The molecule has 0 fully saturated rings. The van der Waals surface area contributed by atoms with E-state index in [4.69, 9.17) is 59.5 Å². The number of nitro groups is 1. The van der Waals surface area contributed by atoms with Crippen LogP contribution in [0.25, 0.3) is 0 Å². The van der Waals surface area contributed by atoms with Gasteiger partial charge in [-0.25, -0.2) is 4.79 Å². The van der Waals surface area contributed by atoms with E-state index in [1.54, 1.807) is 42.5 Å². The average molecular weight is 667 g/mol. The molecule has 0 aromatic heterocycles. The number of nitrogens with zero attached hydrogens (tertiary/aromatic N) is 2. The van der Waals surface area contributed by atoms with Gasteiger partial charge < -0.3 is 24.7 Å². The maximum atomic E-state index is 12.8. The Morgan fingerprint density at radius 2 is 1.80 bits per heavy atom. The van der Waals surface area contributed by atoms with E-state index in [9.17, 15) is 20.2 Å². The molecule has 0 bridgehead atoms.